The summed E-state index contributed by atoms with van der Waals surface area (Å²) in [5.74, 6) is 0.539. The lowest BCUT2D eigenvalue weighted by Crippen LogP contribution is -2.08. The number of halogens is 4. The third kappa shape index (κ3) is 2.91. The minimum atomic E-state index is -4.50. The Morgan fingerprint density at radius 2 is 1.89 bits per heavy atom. The van der Waals surface area contributed by atoms with E-state index >= 15 is 0 Å². The first-order valence-electron chi connectivity index (χ1n) is 5.35. The molecule has 0 aliphatic carbocycles. The first kappa shape index (κ1) is 13.9. The van der Waals surface area contributed by atoms with Crippen molar-refractivity contribution in [2.75, 3.05) is 0 Å². The van der Waals surface area contributed by atoms with E-state index in [-0.39, 0.29) is 16.8 Å². The average Bonchev–Trinajstić information content (AvgIpc) is 2.68. The van der Waals surface area contributed by atoms with Crippen LogP contribution in [0.2, 0.25) is 0 Å². The Balaban J connectivity index is 2.43. The van der Waals surface area contributed by atoms with Gasteiger partial charge in [-0.15, -0.1) is 0 Å². The highest BCUT2D eigenvalue weighted by molar-refractivity contribution is 9.08. The lowest BCUT2D eigenvalue weighted by molar-refractivity contribution is -0.141. The maximum absolute atomic E-state index is 12.8. The number of benzene rings is 1. The van der Waals surface area contributed by atoms with E-state index in [2.05, 4.69) is 21.0 Å². The Morgan fingerprint density at radius 1 is 1.26 bits per heavy atom. The maximum Gasteiger partial charge on any atom is 0.435 e. The molecule has 0 aliphatic heterocycles. The van der Waals surface area contributed by atoms with Crippen molar-refractivity contribution in [2.24, 2.45) is 7.05 Å². The van der Waals surface area contributed by atoms with Gasteiger partial charge in [-0.2, -0.15) is 18.3 Å². The third-order valence-corrected chi connectivity index (χ3v) is 3.01. The van der Waals surface area contributed by atoms with Gasteiger partial charge in [0, 0.05) is 12.4 Å². The van der Waals surface area contributed by atoms with Crippen LogP contribution in [0.3, 0.4) is 0 Å². The number of alkyl halides is 4. The molecule has 0 amide bonds. The predicted octanol–water partition coefficient (Wildman–Crippen LogP) is 4.13. The molecule has 2 rings (SSSR count). The Bertz CT molecular complexity index is 566. The molecule has 0 unspecified atom stereocenters. The van der Waals surface area contributed by atoms with Crippen LogP contribution in [-0.2, 0) is 18.6 Å². The number of para-hydroxylation sites is 1. The quantitative estimate of drug-likeness (QED) is 0.789. The summed E-state index contributed by atoms with van der Waals surface area (Å²) in [5.41, 5.74) is -0.948. The number of aromatic nitrogens is 2. The number of aryl methyl sites for hydroxylation is 1. The topological polar surface area (TPSA) is 27.1 Å². The zero-order valence-corrected chi connectivity index (χ0v) is 11.5. The second-order valence-corrected chi connectivity index (χ2v) is 4.36. The van der Waals surface area contributed by atoms with Crippen LogP contribution >= 0.6 is 15.9 Å². The molecule has 0 spiro atoms. The van der Waals surface area contributed by atoms with E-state index in [1.165, 1.54) is 7.05 Å². The van der Waals surface area contributed by atoms with Gasteiger partial charge in [0.2, 0.25) is 5.88 Å². The van der Waals surface area contributed by atoms with Crippen molar-refractivity contribution in [3.8, 4) is 11.6 Å². The molecule has 1 heterocycles. The molecular formula is C12H10BrF3N2O. The standard InChI is InChI=1S/C12H10BrF3N2O/c1-18-11(19-8-5-3-2-4-6-8)9(7-13)10(17-18)12(14,15)16/h2-6H,7H2,1H3. The van der Waals surface area contributed by atoms with Crippen LogP contribution in [0, 0.1) is 0 Å². The van der Waals surface area contributed by atoms with Crippen LogP contribution in [0.4, 0.5) is 13.2 Å². The van der Waals surface area contributed by atoms with E-state index in [9.17, 15) is 13.2 Å². The Labute approximate surface area is 116 Å². The Kier molecular flexibility index (Phi) is 3.84. The maximum atomic E-state index is 12.8. The third-order valence-electron chi connectivity index (χ3n) is 2.45. The molecule has 1 aromatic carbocycles. The van der Waals surface area contributed by atoms with Crippen molar-refractivity contribution in [1.29, 1.82) is 0 Å². The average molecular weight is 335 g/mol. The van der Waals surface area contributed by atoms with Gasteiger partial charge in [-0.3, -0.25) is 0 Å². The van der Waals surface area contributed by atoms with E-state index in [1.54, 1.807) is 30.3 Å². The summed E-state index contributed by atoms with van der Waals surface area (Å²) in [6.45, 7) is 0. The number of hydrogen-bond acceptors (Lipinski definition) is 2. The molecule has 0 atom stereocenters. The van der Waals surface area contributed by atoms with Gasteiger partial charge in [0.1, 0.15) is 5.75 Å². The summed E-state index contributed by atoms with van der Waals surface area (Å²) in [7, 11) is 1.42. The fourth-order valence-electron chi connectivity index (χ4n) is 1.63. The molecule has 1 aromatic heterocycles. The predicted molar refractivity (Wildman–Crippen MR) is 67.4 cm³/mol. The van der Waals surface area contributed by atoms with Gasteiger partial charge >= 0.3 is 6.18 Å². The summed E-state index contributed by atoms with van der Waals surface area (Å²) in [4.78, 5) is 0. The Hall–Kier alpha value is -1.50. The van der Waals surface area contributed by atoms with Crippen molar-refractivity contribution in [1.82, 2.24) is 9.78 Å². The SMILES string of the molecule is Cn1nc(C(F)(F)F)c(CBr)c1Oc1ccccc1. The number of nitrogens with zero attached hydrogens (tertiary/aromatic N) is 2. The molecule has 0 bridgehead atoms. The second kappa shape index (κ2) is 5.24. The van der Waals surface area contributed by atoms with E-state index in [1.807, 2.05) is 0 Å². The zero-order chi connectivity index (χ0) is 14.0. The largest absolute Gasteiger partial charge is 0.439 e. The molecule has 0 fully saturated rings. The van der Waals surface area contributed by atoms with Crippen molar-refractivity contribution in [3.05, 3.63) is 41.6 Å². The van der Waals surface area contributed by atoms with E-state index in [4.69, 9.17) is 4.74 Å². The van der Waals surface area contributed by atoms with Crippen LogP contribution in [0.5, 0.6) is 11.6 Å². The molecule has 0 aliphatic rings. The fourth-order valence-corrected chi connectivity index (χ4v) is 2.13. The molecule has 102 valence electrons. The van der Waals surface area contributed by atoms with E-state index in [0.29, 0.717) is 5.75 Å². The van der Waals surface area contributed by atoms with Crippen LogP contribution in [-0.4, -0.2) is 9.78 Å². The number of rotatable bonds is 3. The molecule has 0 saturated heterocycles. The normalized spacial score (nSPS) is 11.6. The van der Waals surface area contributed by atoms with Crippen molar-refractivity contribution in [2.45, 2.75) is 11.5 Å². The monoisotopic (exact) mass is 334 g/mol. The highest BCUT2D eigenvalue weighted by Crippen LogP contribution is 2.37. The fraction of sp³-hybridized carbons (Fsp3) is 0.250. The first-order valence-corrected chi connectivity index (χ1v) is 6.47. The van der Waals surface area contributed by atoms with Gasteiger partial charge in [-0.1, -0.05) is 34.1 Å². The van der Waals surface area contributed by atoms with Gasteiger partial charge < -0.3 is 4.74 Å². The molecule has 0 saturated carbocycles. The summed E-state index contributed by atoms with van der Waals surface area (Å²) in [6.07, 6.45) is -4.50. The second-order valence-electron chi connectivity index (χ2n) is 3.80. The van der Waals surface area contributed by atoms with Crippen LogP contribution in [0.1, 0.15) is 11.3 Å². The zero-order valence-electron chi connectivity index (χ0n) is 9.91. The molecule has 19 heavy (non-hydrogen) atoms. The highest BCUT2D eigenvalue weighted by Gasteiger charge is 2.39. The minimum Gasteiger partial charge on any atom is -0.439 e. The van der Waals surface area contributed by atoms with Gasteiger partial charge in [-0.05, 0) is 12.1 Å². The molecule has 7 heteroatoms. The van der Waals surface area contributed by atoms with Gasteiger partial charge in [0.05, 0.1) is 5.56 Å². The van der Waals surface area contributed by atoms with Crippen LogP contribution in [0.15, 0.2) is 30.3 Å². The molecule has 0 N–H and O–H groups in total. The van der Waals surface area contributed by atoms with E-state index in [0.717, 1.165) is 4.68 Å². The van der Waals surface area contributed by atoms with Crippen molar-refractivity contribution >= 4 is 15.9 Å². The van der Waals surface area contributed by atoms with Crippen LogP contribution in [0.25, 0.3) is 0 Å². The lowest BCUT2D eigenvalue weighted by Gasteiger charge is -2.08. The number of ether oxygens (including phenoxy) is 1. The van der Waals surface area contributed by atoms with E-state index < -0.39 is 11.9 Å². The summed E-state index contributed by atoms with van der Waals surface area (Å²) in [6, 6.07) is 8.60. The Morgan fingerprint density at radius 3 is 2.42 bits per heavy atom. The highest BCUT2D eigenvalue weighted by atomic mass is 79.9. The molecule has 3 nitrogen and oxygen atoms in total. The van der Waals surface area contributed by atoms with Gasteiger partial charge in [-0.25, -0.2) is 4.68 Å². The smallest absolute Gasteiger partial charge is 0.435 e. The molecule has 0 radical (unpaired) electrons. The van der Waals surface area contributed by atoms with Crippen molar-refractivity contribution < 1.29 is 17.9 Å². The van der Waals surface area contributed by atoms with Crippen molar-refractivity contribution in [3.63, 3.8) is 0 Å². The van der Waals surface area contributed by atoms with Crippen LogP contribution < -0.4 is 4.74 Å². The molecule has 2 aromatic rings. The summed E-state index contributed by atoms with van der Waals surface area (Å²) >= 11 is 3.05. The lowest BCUT2D eigenvalue weighted by atomic mass is 10.2. The summed E-state index contributed by atoms with van der Waals surface area (Å²) < 4.78 is 45.0. The summed E-state index contributed by atoms with van der Waals surface area (Å²) in [5, 5.41) is 3.50. The van der Waals surface area contributed by atoms with Gasteiger partial charge in [0.15, 0.2) is 5.69 Å². The minimum absolute atomic E-state index is 0.0118. The molecular weight excluding hydrogens is 325 g/mol. The first-order chi connectivity index (χ1) is 8.93. The van der Waals surface area contributed by atoms with Gasteiger partial charge in [0.25, 0.3) is 0 Å². The number of hydrogen-bond donors (Lipinski definition) is 0.